The molecule has 0 aliphatic heterocycles. The summed E-state index contributed by atoms with van der Waals surface area (Å²) in [5, 5.41) is 24.1. The van der Waals surface area contributed by atoms with Gasteiger partial charge in [0.2, 0.25) is 10.0 Å². The van der Waals surface area contributed by atoms with Gasteiger partial charge in [0.1, 0.15) is 0 Å². The molecule has 94 valence electrons. The predicted octanol–water partition coefficient (Wildman–Crippen LogP) is 0.280. The van der Waals surface area contributed by atoms with Crippen molar-refractivity contribution in [3.8, 4) is 5.75 Å². The predicted molar refractivity (Wildman–Crippen MR) is 48.9 cm³/mol. The van der Waals surface area contributed by atoms with E-state index < -0.39 is 43.4 Å². The molecule has 0 saturated heterocycles. The molecular weight excluding hydrogens is 264 g/mol. The van der Waals surface area contributed by atoms with Crippen LogP contribution in [0.3, 0.4) is 0 Å². The summed E-state index contributed by atoms with van der Waals surface area (Å²) in [7, 11) is -4.82. The molecule has 1 aromatic rings. The van der Waals surface area contributed by atoms with E-state index in [-0.39, 0.29) is 0 Å². The fraction of sp³-hybridized carbons (Fsp3) is 0.167. The normalized spacial score (nSPS) is 11.8. The Morgan fingerprint density at radius 1 is 1.53 bits per heavy atom. The Hall–Kier alpha value is -1.88. The number of hydrogen-bond acceptors (Lipinski definition) is 6. The number of primary sulfonamides is 1. The number of aromatic nitrogens is 1. The van der Waals surface area contributed by atoms with Gasteiger partial charge in [-0.2, -0.15) is 0 Å². The quantitative estimate of drug-likeness (QED) is 0.597. The van der Waals surface area contributed by atoms with Gasteiger partial charge in [0, 0.05) is 0 Å². The Balaban J connectivity index is 3.82. The largest absolute Gasteiger partial charge is 0.504 e. The van der Waals surface area contributed by atoms with Crippen molar-refractivity contribution in [1.82, 2.24) is 4.98 Å². The number of hydrogen-bond donors (Lipinski definition) is 2. The van der Waals surface area contributed by atoms with Gasteiger partial charge in [0.05, 0.1) is 5.56 Å². The van der Waals surface area contributed by atoms with Crippen LogP contribution in [-0.4, -0.2) is 23.4 Å². The molecule has 0 bridgehead atoms. The molecule has 0 saturated carbocycles. The van der Waals surface area contributed by atoms with Gasteiger partial charge < -0.3 is 15.2 Å². The first kappa shape index (κ1) is 13.2. The molecule has 0 amide bonds. The first-order chi connectivity index (χ1) is 7.66. The minimum atomic E-state index is -4.82. The average Bonchev–Trinajstić information content (AvgIpc) is 2.14. The van der Waals surface area contributed by atoms with E-state index in [4.69, 9.17) is 5.11 Å². The minimum Gasteiger partial charge on any atom is -0.504 e. The van der Waals surface area contributed by atoms with Crippen LogP contribution >= 0.6 is 0 Å². The van der Waals surface area contributed by atoms with Gasteiger partial charge >= 0.3 is 5.82 Å². The van der Waals surface area contributed by atoms with E-state index in [0.29, 0.717) is 6.20 Å². The highest BCUT2D eigenvalue weighted by atomic mass is 32.2. The fourth-order valence-electron chi connectivity index (χ4n) is 1.11. The lowest BCUT2D eigenvalue weighted by atomic mass is 10.2. The molecule has 3 N–H and O–H groups in total. The summed E-state index contributed by atoms with van der Waals surface area (Å²) in [6.45, 7) is 0. The Kier molecular flexibility index (Phi) is 3.24. The fourth-order valence-corrected chi connectivity index (χ4v) is 1.99. The molecule has 0 fully saturated rings. The van der Waals surface area contributed by atoms with Crippen molar-refractivity contribution in [2.45, 2.75) is 11.3 Å². The monoisotopic (exact) mass is 269 g/mol. The number of nitro groups is 1. The molecule has 0 atom stereocenters. The summed E-state index contributed by atoms with van der Waals surface area (Å²) in [5.41, 5.74) is -1.44. The number of rotatable bonds is 3. The van der Waals surface area contributed by atoms with E-state index in [1.54, 1.807) is 0 Å². The lowest BCUT2D eigenvalue weighted by molar-refractivity contribution is -0.392. The molecular formula is C6H5F2N3O5S. The van der Waals surface area contributed by atoms with E-state index in [0.717, 1.165) is 0 Å². The highest BCUT2D eigenvalue weighted by Gasteiger charge is 2.35. The molecule has 8 nitrogen and oxygen atoms in total. The minimum absolute atomic E-state index is 0.355. The zero-order chi connectivity index (χ0) is 13.4. The van der Waals surface area contributed by atoms with Crippen LogP contribution in [0.2, 0.25) is 0 Å². The van der Waals surface area contributed by atoms with Crippen molar-refractivity contribution in [3.05, 3.63) is 21.9 Å². The van der Waals surface area contributed by atoms with Gasteiger partial charge in [-0.05, 0) is 9.91 Å². The summed E-state index contributed by atoms with van der Waals surface area (Å²) in [6, 6.07) is 0. The van der Waals surface area contributed by atoms with E-state index in [1.807, 2.05) is 0 Å². The standard InChI is InChI=1S/C6H5F2N3O5S/c7-5(8)3-2(12)1-10-6(11(13)14)4(3)17(9,15)16/h1,5,12H,(H2,9,15,16). The third-order valence-electron chi connectivity index (χ3n) is 1.71. The molecule has 0 radical (unpaired) electrons. The number of nitrogens with two attached hydrogens (primary N) is 1. The van der Waals surface area contributed by atoms with E-state index in [2.05, 4.69) is 10.1 Å². The smallest absolute Gasteiger partial charge is 0.384 e. The van der Waals surface area contributed by atoms with Crippen molar-refractivity contribution < 1.29 is 27.2 Å². The zero-order valence-electron chi connectivity index (χ0n) is 7.87. The van der Waals surface area contributed by atoms with Crippen molar-refractivity contribution in [1.29, 1.82) is 0 Å². The molecule has 17 heavy (non-hydrogen) atoms. The maximum Gasteiger partial charge on any atom is 0.384 e. The lowest BCUT2D eigenvalue weighted by Crippen LogP contribution is -2.18. The van der Waals surface area contributed by atoms with Crippen LogP contribution in [0.5, 0.6) is 5.75 Å². The first-order valence-electron chi connectivity index (χ1n) is 3.83. The lowest BCUT2D eigenvalue weighted by Gasteiger charge is -2.07. The molecule has 1 heterocycles. The number of nitrogens with zero attached hydrogens (tertiary/aromatic N) is 2. The van der Waals surface area contributed by atoms with Crippen molar-refractivity contribution in [3.63, 3.8) is 0 Å². The van der Waals surface area contributed by atoms with Crippen LogP contribution < -0.4 is 5.14 Å². The zero-order valence-corrected chi connectivity index (χ0v) is 8.69. The molecule has 1 aromatic heterocycles. The maximum atomic E-state index is 12.5. The molecule has 11 heteroatoms. The molecule has 0 aromatic carbocycles. The summed E-state index contributed by atoms with van der Waals surface area (Å²) >= 11 is 0. The molecule has 1 rings (SSSR count). The Labute approximate surface area is 92.9 Å². The summed E-state index contributed by atoms with van der Waals surface area (Å²) in [6.07, 6.45) is -3.10. The highest BCUT2D eigenvalue weighted by molar-refractivity contribution is 7.89. The molecule has 0 aliphatic carbocycles. The Morgan fingerprint density at radius 2 is 2.06 bits per heavy atom. The summed E-state index contributed by atoms with van der Waals surface area (Å²) in [5.74, 6) is -2.55. The molecule has 0 aliphatic rings. The number of sulfonamides is 1. The van der Waals surface area contributed by atoms with Gasteiger partial charge in [0.25, 0.3) is 6.43 Å². The summed E-state index contributed by atoms with van der Waals surface area (Å²) < 4.78 is 47.1. The number of aromatic hydroxyl groups is 1. The molecule has 0 unspecified atom stereocenters. The van der Waals surface area contributed by atoms with E-state index >= 15 is 0 Å². The van der Waals surface area contributed by atoms with Crippen molar-refractivity contribution in [2.75, 3.05) is 0 Å². The third-order valence-corrected chi connectivity index (χ3v) is 2.68. The molecule has 0 spiro atoms. The number of pyridine rings is 1. The maximum absolute atomic E-state index is 12.5. The summed E-state index contributed by atoms with van der Waals surface area (Å²) in [4.78, 5) is 10.6. The van der Waals surface area contributed by atoms with Gasteiger partial charge in [-0.25, -0.2) is 22.3 Å². The second-order valence-electron chi connectivity index (χ2n) is 2.81. The SMILES string of the molecule is NS(=O)(=O)c1c([N+](=O)[O-])ncc(O)c1C(F)F. The Morgan fingerprint density at radius 3 is 2.41 bits per heavy atom. The van der Waals surface area contributed by atoms with Crippen molar-refractivity contribution >= 4 is 15.8 Å². The first-order valence-corrected chi connectivity index (χ1v) is 5.38. The third kappa shape index (κ3) is 2.45. The van der Waals surface area contributed by atoms with Gasteiger partial charge in [-0.15, -0.1) is 0 Å². The topological polar surface area (TPSA) is 136 Å². The van der Waals surface area contributed by atoms with Gasteiger partial charge in [0.15, 0.2) is 16.8 Å². The van der Waals surface area contributed by atoms with Crippen LogP contribution in [-0.2, 0) is 10.0 Å². The second kappa shape index (κ2) is 4.18. The van der Waals surface area contributed by atoms with Gasteiger partial charge in [-0.3, -0.25) is 0 Å². The van der Waals surface area contributed by atoms with Crippen LogP contribution in [0.1, 0.15) is 12.0 Å². The second-order valence-corrected chi connectivity index (χ2v) is 4.31. The van der Waals surface area contributed by atoms with Crippen LogP contribution in [0, 0.1) is 10.1 Å². The van der Waals surface area contributed by atoms with Crippen molar-refractivity contribution in [2.24, 2.45) is 5.14 Å². The van der Waals surface area contributed by atoms with Gasteiger partial charge in [-0.1, -0.05) is 0 Å². The van der Waals surface area contributed by atoms with Crippen LogP contribution in [0.25, 0.3) is 0 Å². The van der Waals surface area contributed by atoms with E-state index in [9.17, 15) is 27.3 Å². The average molecular weight is 269 g/mol. The van der Waals surface area contributed by atoms with Crippen LogP contribution in [0.4, 0.5) is 14.6 Å². The highest BCUT2D eigenvalue weighted by Crippen LogP contribution is 2.37. The van der Waals surface area contributed by atoms with Crippen LogP contribution in [0.15, 0.2) is 11.1 Å². The number of alkyl halides is 2. The van der Waals surface area contributed by atoms with E-state index in [1.165, 1.54) is 0 Å². The number of halogens is 2. The Bertz CT molecular complexity index is 573.